The zero-order valence-corrected chi connectivity index (χ0v) is 12.4. The summed E-state index contributed by atoms with van der Waals surface area (Å²) in [6.07, 6.45) is 6.71. The molecule has 94 valence electrons. The number of hydrogen-bond acceptors (Lipinski definition) is 2. The minimum absolute atomic E-state index is 0.248. The van der Waals surface area contributed by atoms with Gasteiger partial charge in [0, 0.05) is 0 Å². The normalized spacial score (nSPS) is 25.9. The van der Waals surface area contributed by atoms with E-state index in [-0.39, 0.29) is 11.1 Å². The van der Waals surface area contributed by atoms with E-state index in [0.29, 0.717) is 0 Å². The lowest BCUT2D eigenvalue weighted by Crippen LogP contribution is -2.45. The van der Waals surface area contributed by atoms with Gasteiger partial charge in [-0.05, 0) is 31.0 Å². The van der Waals surface area contributed by atoms with Crippen LogP contribution < -0.4 is 0 Å². The topological polar surface area (TPSA) is 18.5 Å². The lowest BCUT2D eigenvalue weighted by molar-refractivity contribution is 0.0437. The van der Waals surface area contributed by atoms with Gasteiger partial charge in [-0.25, -0.2) is 0 Å². The van der Waals surface area contributed by atoms with Crippen molar-refractivity contribution < 1.29 is 9.16 Å². The molecule has 0 aromatic carbocycles. The summed E-state index contributed by atoms with van der Waals surface area (Å²) in [5.74, 6) is 0. The van der Waals surface area contributed by atoms with Crippen molar-refractivity contribution in [3.8, 4) is 0 Å². The van der Waals surface area contributed by atoms with Crippen molar-refractivity contribution in [3.05, 3.63) is 12.2 Å². The highest BCUT2D eigenvalue weighted by Crippen LogP contribution is 2.37. The van der Waals surface area contributed by atoms with Crippen molar-refractivity contribution in [1.82, 2.24) is 0 Å². The molecule has 1 aliphatic rings. The van der Waals surface area contributed by atoms with Gasteiger partial charge in [0.25, 0.3) is 0 Å². The summed E-state index contributed by atoms with van der Waals surface area (Å²) in [6, 6.07) is 0. The first-order chi connectivity index (χ1) is 7.33. The SMILES string of the molecule is CC(C)(C)[Si](C)(C)OC1C/C=C\CCOC1. The molecule has 0 aromatic heterocycles. The average molecular weight is 242 g/mol. The third-order valence-electron chi connectivity index (χ3n) is 3.57. The predicted octanol–water partition coefficient (Wildman–Crippen LogP) is 3.74. The first-order valence-corrected chi connectivity index (χ1v) is 9.14. The Kier molecular flexibility index (Phi) is 4.77. The van der Waals surface area contributed by atoms with E-state index in [1.165, 1.54) is 0 Å². The maximum Gasteiger partial charge on any atom is 0.192 e. The van der Waals surface area contributed by atoms with Crippen molar-refractivity contribution in [2.45, 2.75) is 57.8 Å². The van der Waals surface area contributed by atoms with Gasteiger partial charge in [-0.3, -0.25) is 0 Å². The monoisotopic (exact) mass is 242 g/mol. The Labute approximate surface area is 101 Å². The molecular formula is C13H26O2Si. The Bertz CT molecular complexity index is 241. The van der Waals surface area contributed by atoms with Crippen molar-refractivity contribution in [2.24, 2.45) is 0 Å². The van der Waals surface area contributed by atoms with E-state index in [9.17, 15) is 0 Å². The van der Waals surface area contributed by atoms with Gasteiger partial charge in [-0.15, -0.1) is 0 Å². The van der Waals surface area contributed by atoms with Gasteiger partial charge in [0.15, 0.2) is 8.32 Å². The first-order valence-electron chi connectivity index (χ1n) is 6.23. The van der Waals surface area contributed by atoms with E-state index in [1.54, 1.807) is 0 Å². The van der Waals surface area contributed by atoms with Crippen LogP contribution in [0.4, 0.5) is 0 Å². The second-order valence-corrected chi connectivity index (χ2v) is 10.8. The Morgan fingerprint density at radius 2 is 1.94 bits per heavy atom. The summed E-state index contributed by atoms with van der Waals surface area (Å²) in [6.45, 7) is 13.0. The molecule has 2 nitrogen and oxygen atoms in total. The van der Waals surface area contributed by atoms with Gasteiger partial charge >= 0.3 is 0 Å². The third-order valence-corrected chi connectivity index (χ3v) is 8.10. The van der Waals surface area contributed by atoms with Crippen molar-refractivity contribution in [2.75, 3.05) is 13.2 Å². The maximum atomic E-state index is 6.34. The Morgan fingerprint density at radius 3 is 2.56 bits per heavy atom. The number of rotatable bonds is 2. The highest BCUT2D eigenvalue weighted by molar-refractivity contribution is 6.74. The van der Waals surface area contributed by atoms with Crippen LogP contribution in [0.1, 0.15) is 33.6 Å². The Hall–Kier alpha value is -0.123. The second kappa shape index (κ2) is 5.47. The van der Waals surface area contributed by atoms with E-state index in [4.69, 9.17) is 9.16 Å². The molecule has 0 bridgehead atoms. The standard InChI is InChI=1S/C13H26O2Si/c1-13(2,3)16(4,5)15-12-9-7-6-8-10-14-11-12/h6-7,12H,8-11H2,1-5H3/b7-6-. The Balaban J connectivity index is 2.57. The molecule has 0 saturated heterocycles. The smallest absolute Gasteiger partial charge is 0.192 e. The van der Waals surface area contributed by atoms with Crippen molar-refractivity contribution in [3.63, 3.8) is 0 Å². The van der Waals surface area contributed by atoms with E-state index in [0.717, 1.165) is 26.1 Å². The van der Waals surface area contributed by atoms with E-state index < -0.39 is 8.32 Å². The van der Waals surface area contributed by atoms with Crippen LogP contribution in [-0.4, -0.2) is 27.6 Å². The van der Waals surface area contributed by atoms with Crippen LogP contribution in [0.25, 0.3) is 0 Å². The van der Waals surface area contributed by atoms with Gasteiger partial charge in [0.1, 0.15) is 0 Å². The fourth-order valence-electron chi connectivity index (χ4n) is 1.48. The molecule has 1 aliphatic heterocycles. The van der Waals surface area contributed by atoms with Crippen LogP contribution in [0.3, 0.4) is 0 Å². The summed E-state index contributed by atoms with van der Waals surface area (Å²) in [7, 11) is -1.65. The average Bonchev–Trinajstić information content (AvgIpc) is 2.07. The Morgan fingerprint density at radius 1 is 1.25 bits per heavy atom. The number of hydrogen-bond donors (Lipinski definition) is 0. The first kappa shape index (κ1) is 13.9. The summed E-state index contributed by atoms with van der Waals surface area (Å²) in [4.78, 5) is 0. The minimum atomic E-state index is -1.65. The molecule has 0 N–H and O–H groups in total. The highest BCUT2D eigenvalue weighted by Gasteiger charge is 2.38. The van der Waals surface area contributed by atoms with Gasteiger partial charge in [-0.1, -0.05) is 32.9 Å². The van der Waals surface area contributed by atoms with Gasteiger partial charge in [0.2, 0.25) is 0 Å². The summed E-state index contributed by atoms with van der Waals surface area (Å²) >= 11 is 0. The van der Waals surface area contributed by atoms with Crippen molar-refractivity contribution >= 4 is 8.32 Å². The summed E-state index contributed by atoms with van der Waals surface area (Å²) in [5.41, 5.74) is 0. The molecule has 1 rings (SSSR count). The molecule has 16 heavy (non-hydrogen) atoms. The third kappa shape index (κ3) is 4.04. The minimum Gasteiger partial charge on any atom is -0.411 e. The quantitative estimate of drug-likeness (QED) is 0.542. The molecule has 0 aromatic rings. The molecule has 1 unspecified atom stereocenters. The van der Waals surface area contributed by atoms with Crippen LogP contribution in [-0.2, 0) is 9.16 Å². The van der Waals surface area contributed by atoms with E-state index >= 15 is 0 Å². The molecule has 0 aliphatic carbocycles. The summed E-state index contributed by atoms with van der Waals surface area (Å²) in [5, 5.41) is 0.277. The zero-order chi connectivity index (χ0) is 12.2. The molecule has 1 atom stereocenters. The largest absolute Gasteiger partial charge is 0.411 e. The van der Waals surface area contributed by atoms with Crippen LogP contribution in [0.2, 0.25) is 18.1 Å². The molecule has 0 radical (unpaired) electrons. The van der Waals surface area contributed by atoms with Gasteiger partial charge in [0.05, 0.1) is 19.3 Å². The van der Waals surface area contributed by atoms with Crippen LogP contribution in [0.5, 0.6) is 0 Å². The molecule has 0 amide bonds. The van der Waals surface area contributed by atoms with E-state index in [1.807, 2.05) is 0 Å². The second-order valence-electron chi connectivity index (χ2n) is 6.07. The molecule has 0 fully saturated rings. The van der Waals surface area contributed by atoms with Crippen molar-refractivity contribution in [1.29, 1.82) is 0 Å². The molecule has 0 spiro atoms. The van der Waals surface area contributed by atoms with Gasteiger partial charge in [-0.2, -0.15) is 0 Å². The number of ether oxygens (including phenoxy) is 1. The molecule has 3 heteroatoms. The summed E-state index contributed by atoms with van der Waals surface area (Å²) < 4.78 is 11.9. The fourth-order valence-corrected chi connectivity index (χ4v) is 2.83. The lowest BCUT2D eigenvalue weighted by atomic mass is 10.2. The highest BCUT2D eigenvalue weighted by atomic mass is 28.4. The molecular weight excluding hydrogens is 216 g/mol. The molecule has 1 heterocycles. The van der Waals surface area contributed by atoms with E-state index in [2.05, 4.69) is 46.0 Å². The maximum absolute atomic E-state index is 6.34. The lowest BCUT2D eigenvalue weighted by Gasteiger charge is -2.39. The predicted molar refractivity (Wildman–Crippen MR) is 71.3 cm³/mol. The molecule has 0 saturated carbocycles. The van der Waals surface area contributed by atoms with Crippen LogP contribution in [0.15, 0.2) is 12.2 Å². The zero-order valence-electron chi connectivity index (χ0n) is 11.4. The fraction of sp³-hybridized carbons (Fsp3) is 0.846. The van der Waals surface area contributed by atoms with Crippen LogP contribution >= 0.6 is 0 Å². The van der Waals surface area contributed by atoms with Crippen LogP contribution in [0, 0.1) is 0 Å². The van der Waals surface area contributed by atoms with Gasteiger partial charge < -0.3 is 9.16 Å².